The van der Waals surface area contributed by atoms with E-state index in [4.69, 9.17) is 4.74 Å². The van der Waals surface area contributed by atoms with Crippen molar-refractivity contribution in [2.45, 2.75) is 44.8 Å². The van der Waals surface area contributed by atoms with Gasteiger partial charge in [0.25, 0.3) is 0 Å². The molecule has 1 aliphatic heterocycles. The molecule has 4 nitrogen and oxygen atoms in total. The van der Waals surface area contributed by atoms with E-state index in [0.717, 1.165) is 18.9 Å². The molecule has 0 amide bonds. The third-order valence-corrected chi connectivity index (χ3v) is 6.71. The van der Waals surface area contributed by atoms with Crippen molar-refractivity contribution in [3.63, 3.8) is 0 Å². The summed E-state index contributed by atoms with van der Waals surface area (Å²) in [4.78, 5) is 0. The Balaban J connectivity index is 0.00000124. The number of nitrogens with one attached hydrogen (secondary N) is 2. The van der Waals surface area contributed by atoms with Gasteiger partial charge in [-0.3, -0.25) is 4.72 Å². The summed E-state index contributed by atoms with van der Waals surface area (Å²) in [5.74, 6) is -2.96. The second-order valence-electron chi connectivity index (χ2n) is 7.07. The molecule has 1 spiro atoms. The number of fused-ring (bicyclic) bond motifs is 1. The molecule has 2 aromatic carbocycles. The highest BCUT2D eigenvalue weighted by Gasteiger charge is 2.48. The Bertz CT molecular complexity index is 991. The molecule has 162 valence electrons. The molecule has 0 radical (unpaired) electrons. The van der Waals surface area contributed by atoms with E-state index in [0.29, 0.717) is 12.0 Å². The molecule has 1 aliphatic carbocycles. The number of allylic oxidation sites excluding steroid dienone is 1. The second kappa shape index (κ2) is 9.12. The lowest BCUT2D eigenvalue weighted by molar-refractivity contribution is 0.360. The Hall–Kier alpha value is -2.48. The zero-order chi connectivity index (χ0) is 21.9. The maximum Gasteiger partial charge on any atom is 0.184 e. The highest BCUT2D eigenvalue weighted by atomic mass is 32.2. The van der Waals surface area contributed by atoms with Gasteiger partial charge in [0.2, 0.25) is 0 Å². The van der Waals surface area contributed by atoms with Gasteiger partial charge in [-0.15, -0.1) is 0 Å². The molecule has 30 heavy (non-hydrogen) atoms. The van der Waals surface area contributed by atoms with Crippen LogP contribution in [0, 0.1) is 24.4 Å². The molecular formula is C22H25F3N2O2S. The molecule has 2 aliphatic rings. The summed E-state index contributed by atoms with van der Waals surface area (Å²) in [7, 11) is -1.54. The smallest absolute Gasteiger partial charge is 0.184 e. The highest BCUT2D eigenvalue weighted by molar-refractivity contribution is 7.88. The van der Waals surface area contributed by atoms with Gasteiger partial charge in [0.1, 0.15) is 40.5 Å². The van der Waals surface area contributed by atoms with Gasteiger partial charge >= 0.3 is 0 Å². The van der Waals surface area contributed by atoms with E-state index in [1.54, 1.807) is 19.1 Å². The largest absolute Gasteiger partial charge is 0.487 e. The van der Waals surface area contributed by atoms with Crippen molar-refractivity contribution in [2.24, 2.45) is 0 Å². The number of aryl methyl sites for hydroxylation is 1. The average molecular weight is 439 g/mol. The molecule has 2 N–H and O–H groups in total. The quantitative estimate of drug-likeness (QED) is 0.555. The van der Waals surface area contributed by atoms with Crippen molar-refractivity contribution >= 4 is 28.0 Å². The fraction of sp³-hybridized carbons (Fsp3) is 0.364. The van der Waals surface area contributed by atoms with E-state index in [1.165, 1.54) is 12.1 Å². The molecular weight excluding hydrogens is 413 g/mol. The molecule has 0 bridgehead atoms. The first kappa shape index (κ1) is 22.2. The number of halogens is 3. The third-order valence-electron chi connectivity index (χ3n) is 4.95. The van der Waals surface area contributed by atoms with Crippen molar-refractivity contribution in [3.05, 3.63) is 59.4 Å². The van der Waals surface area contributed by atoms with Crippen LogP contribution in [-0.2, 0) is 11.0 Å². The summed E-state index contributed by atoms with van der Waals surface area (Å²) in [6.45, 7) is 5.87. The van der Waals surface area contributed by atoms with E-state index in [9.17, 15) is 17.4 Å². The summed E-state index contributed by atoms with van der Waals surface area (Å²) in [6, 6.07) is 5.27. The Morgan fingerprint density at radius 2 is 1.83 bits per heavy atom. The predicted octanol–water partition coefficient (Wildman–Crippen LogP) is 6.13. The molecule has 1 unspecified atom stereocenters. The van der Waals surface area contributed by atoms with Crippen LogP contribution < -0.4 is 14.8 Å². The Morgan fingerprint density at radius 3 is 2.50 bits per heavy atom. The molecule has 1 heterocycles. The van der Waals surface area contributed by atoms with Crippen molar-refractivity contribution < 1.29 is 22.1 Å². The minimum atomic E-state index is -1.54. The van der Waals surface area contributed by atoms with Gasteiger partial charge < -0.3 is 10.1 Å². The number of hydrogen-bond acceptors (Lipinski definition) is 3. The van der Waals surface area contributed by atoms with Crippen LogP contribution in [0.15, 0.2) is 36.4 Å². The van der Waals surface area contributed by atoms with Crippen LogP contribution in [0.5, 0.6) is 5.75 Å². The van der Waals surface area contributed by atoms with Crippen molar-refractivity contribution in [3.8, 4) is 5.75 Å². The second-order valence-corrected chi connectivity index (χ2v) is 8.68. The van der Waals surface area contributed by atoms with Crippen molar-refractivity contribution in [1.29, 1.82) is 0 Å². The van der Waals surface area contributed by atoms with Crippen LogP contribution in [0.1, 0.15) is 38.7 Å². The Morgan fingerprint density at radius 1 is 1.10 bits per heavy atom. The average Bonchev–Trinajstić information content (AvgIpc) is 3.51. The number of hydrogen-bond donors (Lipinski definition) is 2. The number of benzene rings is 2. The number of rotatable bonds is 2. The lowest BCUT2D eigenvalue weighted by Crippen LogP contribution is -2.24. The van der Waals surface area contributed by atoms with Crippen LogP contribution in [0.3, 0.4) is 0 Å². The van der Waals surface area contributed by atoms with E-state index >= 15 is 0 Å². The normalized spacial score (nSPS) is 20.0. The molecule has 0 saturated heterocycles. The first-order chi connectivity index (χ1) is 14.4. The summed E-state index contributed by atoms with van der Waals surface area (Å²) >= 11 is 0. The zero-order valence-corrected chi connectivity index (χ0v) is 18.0. The molecule has 1 atom stereocenters. The number of anilines is 3. The maximum atomic E-state index is 14.7. The summed E-state index contributed by atoms with van der Waals surface area (Å²) < 4.78 is 63.9. The van der Waals surface area contributed by atoms with E-state index in [1.807, 2.05) is 19.9 Å². The molecule has 1 fully saturated rings. The van der Waals surface area contributed by atoms with Crippen molar-refractivity contribution in [1.82, 2.24) is 0 Å². The lowest BCUT2D eigenvalue weighted by Gasteiger charge is -2.22. The minimum absolute atomic E-state index is 0.00428. The van der Waals surface area contributed by atoms with Crippen LogP contribution in [0.25, 0.3) is 0 Å². The molecule has 0 aromatic heterocycles. The Kier molecular flexibility index (Phi) is 6.75. The van der Waals surface area contributed by atoms with Gasteiger partial charge in [0.15, 0.2) is 11.6 Å². The van der Waals surface area contributed by atoms with Gasteiger partial charge in [-0.1, -0.05) is 32.1 Å². The molecule has 8 heteroatoms. The first-order valence-corrected chi connectivity index (χ1v) is 11.1. The summed E-state index contributed by atoms with van der Waals surface area (Å²) in [6.07, 6.45) is 5.79. The predicted molar refractivity (Wildman–Crippen MR) is 115 cm³/mol. The van der Waals surface area contributed by atoms with Gasteiger partial charge in [-0.2, -0.15) is 0 Å². The zero-order valence-electron chi connectivity index (χ0n) is 17.2. The maximum absolute atomic E-state index is 14.7. The van der Waals surface area contributed by atoms with Crippen molar-refractivity contribution in [2.75, 3.05) is 16.6 Å². The van der Waals surface area contributed by atoms with Crippen LogP contribution >= 0.6 is 0 Å². The van der Waals surface area contributed by atoms with E-state index in [-0.39, 0.29) is 29.4 Å². The fourth-order valence-electron chi connectivity index (χ4n) is 3.10. The minimum Gasteiger partial charge on any atom is -0.487 e. The monoisotopic (exact) mass is 438 g/mol. The topological polar surface area (TPSA) is 50.4 Å². The molecule has 4 rings (SSSR count). The van der Waals surface area contributed by atoms with E-state index < -0.39 is 33.2 Å². The standard InChI is InChI=1S/C20H19F3N2O2S.C2H6/c1-12-4-5-15(13(21)10-12)24-19-17(23)14(22)11-16-18(19)25-28(26)20(7-8-20)6-2-3-9-27-16;1-2/h2-5,10-11,24-25H,6-9H2,1H3;1-2H3/b3-2-;. The van der Waals surface area contributed by atoms with Crippen LogP contribution in [0.4, 0.5) is 30.2 Å². The van der Waals surface area contributed by atoms with Gasteiger partial charge in [-0.05, 0) is 43.9 Å². The summed E-state index contributed by atoms with van der Waals surface area (Å²) in [5, 5.41) is 2.60. The SMILES string of the molecule is CC.Cc1ccc(Nc2c(F)c(F)cc3c2NS(=O)C2(C/C=C\CO3)CC2)c(F)c1. The van der Waals surface area contributed by atoms with Gasteiger partial charge in [0, 0.05) is 6.07 Å². The highest BCUT2D eigenvalue weighted by Crippen LogP contribution is 2.48. The van der Waals surface area contributed by atoms with Gasteiger partial charge in [-0.25, -0.2) is 17.4 Å². The fourth-order valence-corrected chi connectivity index (χ4v) is 4.43. The molecule has 1 saturated carbocycles. The van der Waals surface area contributed by atoms with Gasteiger partial charge in [0.05, 0.1) is 10.4 Å². The molecule has 2 aromatic rings. The number of ether oxygens (including phenoxy) is 1. The third kappa shape index (κ3) is 4.48. The van der Waals surface area contributed by atoms with Crippen LogP contribution in [-0.4, -0.2) is 15.6 Å². The first-order valence-electron chi connectivity index (χ1n) is 9.91. The summed E-state index contributed by atoms with van der Waals surface area (Å²) in [5.41, 5.74) is 0.337. The van der Waals surface area contributed by atoms with Crippen LogP contribution in [0.2, 0.25) is 0 Å². The van der Waals surface area contributed by atoms with E-state index in [2.05, 4.69) is 10.0 Å². The Labute approximate surface area is 177 Å². The lowest BCUT2D eigenvalue weighted by atomic mass is 10.2.